The topological polar surface area (TPSA) is 40.5 Å². The molecular formula is C7H13NO2. The van der Waals surface area contributed by atoms with Crippen LogP contribution >= 0.6 is 0 Å². The lowest BCUT2D eigenvalue weighted by molar-refractivity contribution is -0.159. The van der Waals surface area contributed by atoms with Crippen LogP contribution in [0.4, 0.5) is 0 Å². The van der Waals surface area contributed by atoms with E-state index in [9.17, 15) is 4.79 Å². The van der Waals surface area contributed by atoms with Crippen LogP contribution < -0.4 is 0 Å². The van der Waals surface area contributed by atoms with Crippen molar-refractivity contribution in [3.05, 3.63) is 12.7 Å². The summed E-state index contributed by atoms with van der Waals surface area (Å²) in [5, 5.41) is 9.19. The number of hydrogen-bond acceptors (Lipinski definition) is 2. The molecule has 0 aliphatic carbocycles. The Morgan fingerprint density at radius 1 is 1.80 bits per heavy atom. The largest absolute Gasteiger partial charge is 0.286 e. The number of unbranched alkanes of at least 4 members (excludes halogenated alkanes) is 1. The minimum atomic E-state index is -0.248. The van der Waals surface area contributed by atoms with Gasteiger partial charge in [0.1, 0.15) is 0 Å². The lowest BCUT2D eigenvalue weighted by Gasteiger charge is -2.06. The third-order valence-corrected chi connectivity index (χ3v) is 1.16. The molecule has 0 aliphatic rings. The second-order valence-electron chi connectivity index (χ2n) is 2.10. The highest BCUT2D eigenvalue weighted by molar-refractivity contribution is 5.74. The maximum atomic E-state index is 10.7. The van der Waals surface area contributed by atoms with E-state index in [-0.39, 0.29) is 5.91 Å². The quantitative estimate of drug-likeness (QED) is 0.278. The molecule has 58 valence electrons. The van der Waals surface area contributed by atoms with Crippen molar-refractivity contribution >= 4 is 5.91 Å². The fraction of sp³-hybridized carbons (Fsp3) is 0.571. The molecule has 0 aromatic carbocycles. The number of amides is 1. The molecule has 3 heteroatoms. The first-order valence-corrected chi connectivity index (χ1v) is 3.24. The van der Waals surface area contributed by atoms with Gasteiger partial charge in [0.2, 0.25) is 5.91 Å². The van der Waals surface area contributed by atoms with Crippen molar-refractivity contribution in [1.29, 1.82) is 0 Å². The maximum absolute atomic E-state index is 10.7. The molecule has 0 unspecified atom stereocenters. The van der Waals surface area contributed by atoms with Crippen molar-refractivity contribution in [3.63, 3.8) is 0 Å². The van der Waals surface area contributed by atoms with E-state index in [0.717, 1.165) is 12.8 Å². The van der Waals surface area contributed by atoms with Crippen molar-refractivity contribution in [2.75, 3.05) is 7.05 Å². The highest BCUT2D eigenvalue weighted by Gasteiger charge is 2.02. The van der Waals surface area contributed by atoms with E-state index < -0.39 is 0 Å². The standard InChI is InChI=1S/C7H13NO2/c1-3-4-5-6-7(9)8(2)10/h3,10H,1,4-6H2,2H3. The SMILES string of the molecule is C=CCCCC(=O)N(C)O. The van der Waals surface area contributed by atoms with E-state index in [1.807, 2.05) is 0 Å². The molecule has 0 radical (unpaired) electrons. The summed E-state index contributed by atoms with van der Waals surface area (Å²) in [6, 6.07) is 0. The molecule has 0 fully saturated rings. The average molecular weight is 143 g/mol. The smallest absolute Gasteiger partial charge is 0.245 e. The Morgan fingerprint density at radius 2 is 2.40 bits per heavy atom. The van der Waals surface area contributed by atoms with E-state index >= 15 is 0 Å². The van der Waals surface area contributed by atoms with Crippen LogP contribution in [0.5, 0.6) is 0 Å². The predicted molar refractivity (Wildman–Crippen MR) is 38.6 cm³/mol. The summed E-state index contributed by atoms with van der Waals surface area (Å²) in [7, 11) is 1.33. The zero-order valence-corrected chi connectivity index (χ0v) is 6.21. The molecule has 0 rings (SSSR count). The minimum absolute atomic E-state index is 0.248. The van der Waals surface area contributed by atoms with Gasteiger partial charge in [-0.25, -0.2) is 5.06 Å². The van der Waals surface area contributed by atoms with E-state index in [0.29, 0.717) is 11.5 Å². The van der Waals surface area contributed by atoms with Crippen LogP contribution in [0.15, 0.2) is 12.7 Å². The normalized spacial score (nSPS) is 9.00. The van der Waals surface area contributed by atoms with Gasteiger partial charge in [0.15, 0.2) is 0 Å². The summed E-state index contributed by atoms with van der Waals surface area (Å²) in [5.74, 6) is -0.248. The molecule has 0 aromatic rings. The first kappa shape index (κ1) is 9.17. The van der Waals surface area contributed by atoms with Crippen LogP contribution in [-0.2, 0) is 4.79 Å². The highest BCUT2D eigenvalue weighted by atomic mass is 16.5. The molecule has 1 amide bonds. The Balaban J connectivity index is 3.30. The van der Waals surface area contributed by atoms with Gasteiger partial charge in [-0.1, -0.05) is 6.08 Å². The first-order valence-electron chi connectivity index (χ1n) is 3.24. The van der Waals surface area contributed by atoms with Crippen molar-refractivity contribution in [1.82, 2.24) is 5.06 Å². The van der Waals surface area contributed by atoms with Crippen LogP contribution in [0.2, 0.25) is 0 Å². The number of hydrogen-bond donors (Lipinski definition) is 1. The fourth-order valence-electron chi connectivity index (χ4n) is 0.559. The van der Waals surface area contributed by atoms with Gasteiger partial charge in [-0.05, 0) is 12.8 Å². The van der Waals surface area contributed by atoms with Crippen molar-refractivity contribution in [2.45, 2.75) is 19.3 Å². The molecule has 10 heavy (non-hydrogen) atoms. The van der Waals surface area contributed by atoms with Gasteiger partial charge in [-0.15, -0.1) is 6.58 Å². The van der Waals surface area contributed by atoms with Crippen LogP contribution in [0.3, 0.4) is 0 Å². The third kappa shape index (κ3) is 4.09. The van der Waals surface area contributed by atoms with Crippen molar-refractivity contribution in [2.24, 2.45) is 0 Å². The van der Waals surface area contributed by atoms with Gasteiger partial charge >= 0.3 is 0 Å². The van der Waals surface area contributed by atoms with Gasteiger partial charge in [0, 0.05) is 13.5 Å². The van der Waals surface area contributed by atoms with Gasteiger partial charge in [0.25, 0.3) is 0 Å². The zero-order valence-electron chi connectivity index (χ0n) is 6.21. The fourth-order valence-corrected chi connectivity index (χ4v) is 0.559. The Hall–Kier alpha value is -0.830. The van der Waals surface area contributed by atoms with E-state index in [4.69, 9.17) is 5.21 Å². The number of rotatable bonds is 4. The zero-order chi connectivity index (χ0) is 7.98. The Bertz CT molecular complexity index is 121. The monoisotopic (exact) mass is 143 g/mol. The van der Waals surface area contributed by atoms with Gasteiger partial charge < -0.3 is 0 Å². The summed E-state index contributed by atoms with van der Waals surface area (Å²) in [6.45, 7) is 3.51. The van der Waals surface area contributed by atoms with Gasteiger partial charge in [-0.2, -0.15) is 0 Å². The number of nitrogens with zero attached hydrogens (tertiary/aromatic N) is 1. The maximum Gasteiger partial charge on any atom is 0.245 e. The van der Waals surface area contributed by atoms with Gasteiger partial charge in [0.05, 0.1) is 0 Å². The van der Waals surface area contributed by atoms with E-state index in [1.165, 1.54) is 7.05 Å². The third-order valence-electron chi connectivity index (χ3n) is 1.16. The average Bonchev–Trinajstić information content (AvgIpc) is 1.88. The van der Waals surface area contributed by atoms with Crippen molar-refractivity contribution in [3.8, 4) is 0 Å². The predicted octanol–water partition coefficient (Wildman–Crippen LogP) is 1.19. The Morgan fingerprint density at radius 3 is 2.80 bits per heavy atom. The number of carbonyl (C=O) groups excluding carboxylic acids is 1. The minimum Gasteiger partial charge on any atom is -0.286 e. The molecule has 0 heterocycles. The Kier molecular flexibility index (Phi) is 4.58. The molecule has 0 spiro atoms. The number of carbonyl (C=O) groups is 1. The van der Waals surface area contributed by atoms with Gasteiger partial charge in [-0.3, -0.25) is 10.0 Å². The highest BCUT2D eigenvalue weighted by Crippen LogP contribution is 1.97. The van der Waals surface area contributed by atoms with Crippen LogP contribution in [0.25, 0.3) is 0 Å². The molecule has 1 N–H and O–H groups in total. The van der Waals surface area contributed by atoms with E-state index in [1.54, 1.807) is 6.08 Å². The molecular weight excluding hydrogens is 130 g/mol. The summed E-state index contributed by atoms with van der Waals surface area (Å²) in [4.78, 5) is 10.7. The molecule has 0 saturated carbocycles. The molecule has 0 aromatic heterocycles. The van der Waals surface area contributed by atoms with Crippen LogP contribution in [0, 0.1) is 0 Å². The van der Waals surface area contributed by atoms with E-state index in [2.05, 4.69) is 6.58 Å². The first-order chi connectivity index (χ1) is 4.68. The lowest BCUT2D eigenvalue weighted by Crippen LogP contribution is -2.21. The Labute approximate surface area is 60.9 Å². The molecule has 0 atom stereocenters. The van der Waals surface area contributed by atoms with Crippen LogP contribution in [0.1, 0.15) is 19.3 Å². The second-order valence-corrected chi connectivity index (χ2v) is 2.10. The summed E-state index contributed by atoms with van der Waals surface area (Å²) in [5.41, 5.74) is 0. The second kappa shape index (κ2) is 4.99. The molecule has 3 nitrogen and oxygen atoms in total. The molecule has 0 saturated heterocycles. The van der Waals surface area contributed by atoms with Crippen molar-refractivity contribution < 1.29 is 10.0 Å². The summed E-state index contributed by atoms with van der Waals surface area (Å²) < 4.78 is 0. The number of hydroxylamine groups is 2. The molecule has 0 bridgehead atoms. The summed E-state index contributed by atoms with van der Waals surface area (Å²) in [6.07, 6.45) is 3.72. The lowest BCUT2D eigenvalue weighted by atomic mass is 10.2. The summed E-state index contributed by atoms with van der Waals surface area (Å²) >= 11 is 0. The molecule has 0 aliphatic heterocycles. The number of allylic oxidation sites excluding steroid dienone is 1. The van der Waals surface area contributed by atoms with Crippen LogP contribution in [-0.4, -0.2) is 23.2 Å².